The van der Waals surface area contributed by atoms with Crippen LogP contribution in [0.3, 0.4) is 0 Å². The summed E-state index contributed by atoms with van der Waals surface area (Å²) >= 11 is 0. The first-order chi connectivity index (χ1) is 7.70. The Morgan fingerprint density at radius 2 is 1.71 bits per heavy atom. The van der Waals surface area contributed by atoms with E-state index in [9.17, 15) is 20.2 Å². The van der Waals surface area contributed by atoms with Gasteiger partial charge in [-0.2, -0.15) is 0 Å². The van der Waals surface area contributed by atoms with E-state index in [0.29, 0.717) is 0 Å². The van der Waals surface area contributed by atoms with Crippen LogP contribution in [-0.2, 0) is 0 Å². The maximum Gasteiger partial charge on any atom is 0.317 e. The third kappa shape index (κ3) is 3.40. The fourth-order valence-electron chi connectivity index (χ4n) is 1.18. The van der Waals surface area contributed by atoms with Crippen molar-refractivity contribution in [3.8, 4) is 5.75 Å². The van der Waals surface area contributed by atoms with E-state index in [1.165, 1.54) is 12.1 Å². The summed E-state index contributed by atoms with van der Waals surface area (Å²) in [5.74, 6) is 0.0214. The fraction of sp³-hybridized carbons (Fsp3) is 0.400. The topological polar surface area (TPSA) is 95.5 Å². The summed E-state index contributed by atoms with van der Waals surface area (Å²) in [6.07, 6.45) is 0. The molecular weight excluding hydrogens is 228 g/mol. The monoisotopic (exact) mass is 240 g/mol. The zero-order valence-electron chi connectivity index (χ0n) is 9.67. The summed E-state index contributed by atoms with van der Waals surface area (Å²) in [5.41, 5.74) is -1.35. The van der Waals surface area contributed by atoms with Crippen molar-refractivity contribution in [2.24, 2.45) is 0 Å². The molecule has 0 aliphatic rings. The lowest BCUT2D eigenvalue weighted by Gasteiger charge is -2.20. The Morgan fingerprint density at radius 3 is 2.12 bits per heavy atom. The van der Waals surface area contributed by atoms with Gasteiger partial charge in [0.2, 0.25) is 0 Å². The number of nitro benzene ring substituents is 2. The minimum Gasteiger partial charge on any atom is -0.481 e. The molecule has 0 saturated carbocycles. The first-order valence-electron chi connectivity index (χ1n) is 4.82. The summed E-state index contributed by atoms with van der Waals surface area (Å²) in [7, 11) is 0. The van der Waals surface area contributed by atoms with Crippen LogP contribution in [0.4, 0.5) is 11.4 Å². The average Bonchev–Trinajstić information content (AvgIpc) is 2.14. The van der Waals surface area contributed by atoms with E-state index in [0.717, 1.165) is 6.07 Å². The molecule has 0 aromatic heterocycles. The van der Waals surface area contributed by atoms with Crippen molar-refractivity contribution in [3.05, 3.63) is 38.4 Å². The molecule has 92 valence electrons. The van der Waals surface area contributed by atoms with Gasteiger partial charge in [0.05, 0.1) is 15.9 Å². The third-order valence-electron chi connectivity index (χ3n) is 1.77. The molecule has 0 radical (unpaired) electrons. The lowest BCUT2D eigenvalue weighted by molar-refractivity contribution is -0.395. The van der Waals surface area contributed by atoms with Gasteiger partial charge in [-0.1, -0.05) is 0 Å². The molecule has 0 heterocycles. The highest BCUT2D eigenvalue weighted by Gasteiger charge is 2.24. The van der Waals surface area contributed by atoms with E-state index in [1.807, 2.05) is 0 Å². The standard InChI is InChI=1S/C10H12N2O5/c1-10(2,3)17-9-5-4-7(11(13)14)6-8(9)12(15)16/h4-6H,1-3H3. The maximum absolute atomic E-state index is 10.8. The van der Waals surface area contributed by atoms with Gasteiger partial charge in [-0.25, -0.2) is 0 Å². The number of benzene rings is 1. The SMILES string of the molecule is CC(C)(C)Oc1ccc([N+](=O)[O-])cc1[N+](=O)[O-]. The molecular formula is C10H12N2O5. The van der Waals surface area contributed by atoms with E-state index >= 15 is 0 Å². The lowest BCUT2D eigenvalue weighted by atomic mass is 10.2. The second-order valence-electron chi connectivity index (χ2n) is 4.38. The Kier molecular flexibility index (Phi) is 3.31. The number of rotatable bonds is 3. The zero-order chi connectivity index (χ0) is 13.2. The number of ether oxygens (including phenoxy) is 1. The van der Waals surface area contributed by atoms with Crippen LogP contribution in [0, 0.1) is 20.2 Å². The normalized spacial score (nSPS) is 11.0. The van der Waals surface area contributed by atoms with Crippen molar-refractivity contribution in [1.29, 1.82) is 0 Å². The molecule has 0 atom stereocenters. The molecule has 0 amide bonds. The minimum atomic E-state index is -0.700. The largest absolute Gasteiger partial charge is 0.481 e. The molecule has 0 spiro atoms. The minimum absolute atomic E-state index is 0.0214. The Bertz CT molecular complexity index is 464. The molecule has 7 heteroatoms. The van der Waals surface area contributed by atoms with Crippen LogP contribution in [0.5, 0.6) is 5.75 Å². The van der Waals surface area contributed by atoms with Crippen molar-refractivity contribution in [1.82, 2.24) is 0 Å². The molecule has 0 bridgehead atoms. The van der Waals surface area contributed by atoms with Gasteiger partial charge in [-0.15, -0.1) is 0 Å². The Hall–Kier alpha value is -2.18. The van der Waals surface area contributed by atoms with Gasteiger partial charge in [-0.3, -0.25) is 20.2 Å². The van der Waals surface area contributed by atoms with Crippen LogP contribution < -0.4 is 4.74 Å². The van der Waals surface area contributed by atoms with Crippen molar-refractivity contribution in [2.45, 2.75) is 26.4 Å². The average molecular weight is 240 g/mol. The van der Waals surface area contributed by atoms with E-state index in [-0.39, 0.29) is 11.4 Å². The molecule has 0 unspecified atom stereocenters. The molecule has 0 N–H and O–H groups in total. The number of non-ortho nitro benzene ring substituents is 1. The van der Waals surface area contributed by atoms with Gasteiger partial charge in [-0.05, 0) is 26.8 Å². The number of hydrogen-bond acceptors (Lipinski definition) is 5. The van der Waals surface area contributed by atoms with Crippen LogP contribution in [0.15, 0.2) is 18.2 Å². The summed E-state index contributed by atoms with van der Waals surface area (Å²) in [4.78, 5) is 19.9. The number of hydrogen-bond donors (Lipinski definition) is 0. The van der Waals surface area contributed by atoms with Crippen LogP contribution in [0.1, 0.15) is 20.8 Å². The van der Waals surface area contributed by atoms with E-state index < -0.39 is 21.1 Å². The predicted octanol–water partition coefficient (Wildman–Crippen LogP) is 2.68. The molecule has 1 aromatic carbocycles. The predicted molar refractivity (Wildman–Crippen MR) is 60.1 cm³/mol. The number of nitro groups is 2. The molecule has 17 heavy (non-hydrogen) atoms. The summed E-state index contributed by atoms with van der Waals surface area (Å²) in [5, 5.41) is 21.3. The highest BCUT2D eigenvalue weighted by atomic mass is 16.6. The second kappa shape index (κ2) is 4.36. The molecule has 1 aromatic rings. The van der Waals surface area contributed by atoms with Crippen LogP contribution in [-0.4, -0.2) is 15.4 Å². The lowest BCUT2D eigenvalue weighted by Crippen LogP contribution is -2.23. The maximum atomic E-state index is 10.8. The van der Waals surface area contributed by atoms with Crippen molar-refractivity contribution in [3.63, 3.8) is 0 Å². The van der Waals surface area contributed by atoms with E-state index in [1.54, 1.807) is 20.8 Å². The Labute approximate surface area is 97.3 Å². The molecule has 0 fully saturated rings. The van der Waals surface area contributed by atoms with Crippen LogP contribution in [0.2, 0.25) is 0 Å². The highest BCUT2D eigenvalue weighted by Crippen LogP contribution is 2.33. The zero-order valence-corrected chi connectivity index (χ0v) is 9.67. The molecule has 1 rings (SSSR count). The first kappa shape index (κ1) is 12.9. The quantitative estimate of drug-likeness (QED) is 0.597. The fourth-order valence-corrected chi connectivity index (χ4v) is 1.18. The van der Waals surface area contributed by atoms with Gasteiger partial charge in [0, 0.05) is 6.07 Å². The summed E-state index contributed by atoms with van der Waals surface area (Å²) < 4.78 is 5.36. The third-order valence-corrected chi connectivity index (χ3v) is 1.77. The van der Waals surface area contributed by atoms with Gasteiger partial charge in [0.15, 0.2) is 5.75 Å². The Morgan fingerprint density at radius 1 is 1.12 bits per heavy atom. The molecule has 0 saturated heterocycles. The van der Waals surface area contributed by atoms with Crippen molar-refractivity contribution < 1.29 is 14.6 Å². The Balaban J connectivity index is 3.23. The van der Waals surface area contributed by atoms with Gasteiger partial charge in [0.25, 0.3) is 5.69 Å². The van der Waals surface area contributed by atoms with Gasteiger partial charge >= 0.3 is 5.69 Å². The number of nitrogens with zero attached hydrogens (tertiary/aromatic N) is 2. The molecule has 0 aliphatic heterocycles. The van der Waals surface area contributed by atoms with Crippen molar-refractivity contribution in [2.75, 3.05) is 0 Å². The van der Waals surface area contributed by atoms with Crippen LogP contribution in [0.25, 0.3) is 0 Å². The van der Waals surface area contributed by atoms with Crippen molar-refractivity contribution >= 4 is 11.4 Å². The van der Waals surface area contributed by atoms with Crippen LogP contribution >= 0.6 is 0 Å². The molecule has 0 aliphatic carbocycles. The van der Waals surface area contributed by atoms with Gasteiger partial charge < -0.3 is 4.74 Å². The summed E-state index contributed by atoms with van der Waals surface area (Å²) in [6.45, 7) is 5.20. The smallest absolute Gasteiger partial charge is 0.317 e. The summed E-state index contributed by atoms with van der Waals surface area (Å²) in [6, 6.07) is 3.30. The highest BCUT2D eigenvalue weighted by molar-refractivity contribution is 5.53. The van der Waals surface area contributed by atoms with E-state index in [4.69, 9.17) is 4.74 Å². The van der Waals surface area contributed by atoms with Gasteiger partial charge in [0.1, 0.15) is 5.60 Å². The molecule has 7 nitrogen and oxygen atoms in total. The first-order valence-corrected chi connectivity index (χ1v) is 4.82. The van der Waals surface area contributed by atoms with E-state index in [2.05, 4.69) is 0 Å². The second-order valence-corrected chi connectivity index (χ2v) is 4.38.